The second-order valence-corrected chi connectivity index (χ2v) is 4.49. The van der Waals surface area contributed by atoms with Crippen LogP contribution in [-0.2, 0) is 14.4 Å². The summed E-state index contributed by atoms with van der Waals surface area (Å²) in [6.07, 6.45) is 3.98. The van der Waals surface area contributed by atoms with E-state index in [0.717, 1.165) is 25.8 Å². The Bertz CT molecular complexity index is 318. The Labute approximate surface area is 107 Å². The average Bonchev–Trinajstić information content (AvgIpc) is 2.32. The van der Waals surface area contributed by atoms with E-state index in [-0.39, 0.29) is 11.8 Å². The summed E-state index contributed by atoms with van der Waals surface area (Å²) in [5, 5.41) is 7.93. The number of nitrogens with one attached hydrogen (secondary N) is 3. The molecule has 3 N–H and O–H groups in total. The number of rotatable bonds is 7. The predicted molar refractivity (Wildman–Crippen MR) is 66.7 cm³/mol. The van der Waals surface area contributed by atoms with Crippen LogP contribution in [0.5, 0.6) is 0 Å². The van der Waals surface area contributed by atoms with Gasteiger partial charge in [-0.15, -0.1) is 0 Å². The molecule has 0 aromatic rings. The Hall–Kier alpha value is -1.43. The molecule has 1 saturated heterocycles. The molecule has 1 aliphatic heterocycles. The second kappa shape index (κ2) is 7.81. The molecule has 0 aromatic heterocycles. The highest BCUT2D eigenvalue weighted by Gasteiger charge is 2.27. The molecule has 1 heterocycles. The molecule has 102 valence electrons. The minimum absolute atomic E-state index is 0.117. The van der Waals surface area contributed by atoms with Gasteiger partial charge in [-0.05, 0) is 32.9 Å². The third-order valence-corrected chi connectivity index (χ3v) is 2.91. The van der Waals surface area contributed by atoms with Crippen molar-refractivity contribution in [3.63, 3.8) is 0 Å². The van der Waals surface area contributed by atoms with E-state index in [1.165, 1.54) is 0 Å². The van der Waals surface area contributed by atoms with E-state index >= 15 is 0 Å². The lowest BCUT2D eigenvalue weighted by Gasteiger charge is -2.21. The van der Waals surface area contributed by atoms with E-state index in [4.69, 9.17) is 0 Å². The summed E-state index contributed by atoms with van der Waals surface area (Å²) in [7, 11) is 1.90. The van der Waals surface area contributed by atoms with Gasteiger partial charge in [-0.1, -0.05) is 6.42 Å². The van der Waals surface area contributed by atoms with Crippen LogP contribution < -0.4 is 16.0 Å². The van der Waals surface area contributed by atoms with Crippen molar-refractivity contribution in [2.75, 3.05) is 13.6 Å². The van der Waals surface area contributed by atoms with E-state index in [0.29, 0.717) is 19.3 Å². The van der Waals surface area contributed by atoms with Crippen LogP contribution >= 0.6 is 0 Å². The van der Waals surface area contributed by atoms with Gasteiger partial charge in [-0.2, -0.15) is 0 Å². The maximum Gasteiger partial charge on any atom is 0.249 e. The highest BCUT2D eigenvalue weighted by atomic mass is 16.2. The summed E-state index contributed by atoms with van der Waals surface area (Å²) >= 11 is 0. The molecule has 6 heteroatoms. The minimum atomic E-state index is -0.549. The summed E-state index contributed by atoms with van der Waals surface area (Å²) in [6, 6.07) is -0.549. The number of hydrogen-bond acceptors (Lipinski definition) is 4. The van der Waals surface area contributed by atoms with Gasteiger partial charge in [0.05, 0.1) is 0 Å². The zero-order valence-electron chi connectivity index (χ0n) is 10.8. The molecule has 6 nitrogen and oxygen atoms in total. The molecule has 1 rings (SSSR count). The third-order valence-electron chi connectivity index (χ3n) is 2.91. The van der Waals surface area contributed by atoms with Gasteiger partial charge in [-0.3, -0.25) is 19.7 Å². The van der Waals surface area contributed by atoms with Crippen LogP contribution in [0.4, 0.5) is 0 Å². The number of piperidine rings is 1. The SMILES string of the molecule is CNCCCCCC(=O)NC1CCC(=O)NC1=O. The maximum absolute atomic E-state index is 11.6. The standard InChI is InChI=1S/C12H21N3O3/c1-13-8-4-2-3-5-10(16)14-9-6-7-11(17)15-12(9)18/h9,13H,2-8H2,1H3,(H,14,16)(H,15,17,18). The van der Waals surface area contributed by atoms with Crippen LogP contribution in [0.3, 0.4) is 0 Å². The van der Waals surface area contributed by atoms with Gasteiger partial charge in [0.15, 0.2) is 0 Å². The molecular formula is C12H21N3O3. The van der Waals surface area contributed by atoms with Crippen LogP contribution in [0.15, 0.2) is 0 Å². The molecule has 0 bridgehead atoms. The van der Waals surface area contributed by atoms with Crippen molar-refractivity contribution in [3.05, 3.63) is 0 Å². The summed E-state index contributed by atoms with van der Waals surface area (Å²) in [4.78, 5) is 33.9. The normalized spacial score (nSPS) is 19.5. The fourth-order valence-electron chi connectivity index (χ4n) is 1.86. The van der Waals surface area contributed by atoms with Gasteiger partial charge >= 0.3 is 0 Å². The van der Waals surface area contributed by atoms with E-state index in [1.54, 1.807) is 0 Å². The number of hydrogen-bond donors (Lipinski definition) is 3. The molecular weight excluding hydrogens is 234 g/mol. The molecule has 1 aliphatic rings. The summed E-state index contributed by atoms with van der Waals surface area (Å²) in [5.74, 6) is -0.777. The molecule has 1 atom stereocenters. The zero-order valence-corrected chi connectivity index (χ0v) is 10.8. The first-order valence-corrected chi connectivity index (χ1v) is 6.41. The van der Waals surface area contributed by atoms with Crippen molar-refractivity contribution < 1.29 is 14.4 Å². The molecule has 0 aliphatic carbocycles. The van der Waals surface area contributed by atoms with Crippen molar-refractivity contribution in [2.45, 2.75) is 44.6 Å². The first kappa shape index (κ1) is 14.6. The lowest BCUT2D eigenvalue weighted by atomic mass is 10.1. The Morgan fingerprint density at radius 1 is 1.33 bits per heavy atom. The van der Waals surface area contributed by atoms with Crippen molar-refractivity contribution in [1.82, 2.24) is 16.0 Å². The maximum atomic E-state index is 11.6. The summed E-state index contributed by atoms with van der Waals surface area (Å²) < 4.78 is 0. The highest BCUT2D eigenvalue weighted by molar-refractivity contribution is 6.01. The van der Waals surface area contributed by atoms with Crippen LogP contribution in [-0.4, -0.2) is 37.4 Å². The molecule has 0 spiro atoms. The lowest BCUT2D eigenvalue weighted by Crippen LogP contribution is -2.52. The smallest absolute Gasteiger partial charge is 0.249 e. The quantitative estimate of drug-likeness (QED) is 0.430. The largest absolute Gasteiger partial charge is 0.344 e. The van der Waals surface area contributed by atoms with E-state index in [2.05, 4.69) is 16.0 Å². The fourth-order valence-corrected chi connectivity index (χ4v) is 1.86. The Balaban J connectivity index is 2.15. The van der Waals surface area contributed by atoms with Gasteiger partial charge < -0.3 is 10.6 Å². The predicted octanol–water partition coefficient (Wildman–Crippen LogP) is -0.312. The first-order chi connectivity index (χ1) is 8.63. The zero-order chi connectivity index (χ0) is 13.4. The number of unbranched alkanes of at least 4 members (excludes halogenated alkanes) is 2. The Morgan fingerprint density at radius 2 is 2.11 bits per heavy atom. The molecule has 3 amide bonds. The number of amides is 3. The van der Waals surface area contributed by atoms with Crippen LogP contribution in [0.25, 0.3) is 0 Å². The first-order valence-electron chi connectivity index (χ1n) is 6.41. The minimum Gasteiger partial charge on any atom is -0.344 e. The third kappa shape index (κ3) is 5.27. The van der Waals surface area contributed by atoms with Gasteiger partial charge in [-0.25, -0.2) is 0 Å². The number of imide groups is 1. The fraction of sp³-hybridized carbons (Fsp3) is 0.750. The van der Waals surface area contributed by atoms with Crippen molar-refractivity contribution in [3.8, 4) is 0 Å². The van der Waals surface area contributed by atoms with Gasteiger partial charge in [0.25, 0.3) is 0 Å². The summed E-state index contributed by atoms with van der Waals surface area (Å²) in [6.45, 7) is 0.953. The molecule has 0 saturated carbocycles. The van der Waals surface area contributed by atoms with Crippen molar-refractivity contribution in [1.29, 1.82) is 0 Å². The molecule has 0 aromatic carbocycles. The molecule has 18 heavy (non-hydrogen) atoms. The van der Waals surface area contributed by atoms with E-state index in [1.807, 2.05) is 7.05 Å². The van der Waals surface area contributed by atoms with Crippen molar-refractivity contribution in [2.24, 2.45) is 0 Å². The van der Waals surface area contributed by atoms with Gasteiger partial charge in [0.2, 0.25) is 17.7 Å². The summed E-state index contributed by atoms with van der Waals surface area (Å²) in [5.41, 5.74) is 0. The molecule has 1 unspecified atom stereocenters. The van der Waals surface area contributed by atoms with Crippen LogP contribution in [0, 0.1) is 0 Å². The number of carbonyl (C=O) groups is 3. The average molecular weight is 255 g/mol. The van der Waals surface area contributed by atoms with Crippen LogP contribution in [0.2, 0.25) is 0 Å². The van der Waals surface area contributed by atoms with E-state index < -0.39 is 11.9 Å². The van der Waals surface area contributed by atoms with Crippen LogP contribution in [0.1, 0.15) is 38.5 Å². The lowest BCUT2D eigenvalue weighted by molar-refractivity contribution is -0.137. The highest BCUT2D eigenvalue weighted by Crippen LogP contribution is 2.05. The Kier molecular flexibility index (Phi) is 6.35. The number of carbonyl (C=O) groups excluding carboxylic acids is 3. The van der Waals surface area contributed by atoms with E-state index in [9.17, 15) is 14.4 Å². The second-order valence-electron chi connectivity index (χ2n) is 4.49. The molecule has 1 fully saturated rings. The van der Waals surface area contributed by atoms with Gasteiger partial charge in [0, 0.05) is 12.8 Å². The monoisotopic (exact) mass is 255 g/mol. The topological polar surface area (TPSA) is 87.3 Å². The van der Waals surface area contributed by atoms with Gasteiger partial charge in [0.1, 0.15) is 6.04 Å². The Morgan fingerprint density at radius 3 is 2.78 bits per heavy atom. The van der Waals surface area contributed by atoms with Crippen molar-refractivity contribution >= 4 is 17.7 Å². The molecule has 0 radical (unpaired) electrons.